The molecule has 3 aromatic rings. The molecule has 0 amide bonds. The van der Waals surface area contributed by atoms with Crippen molar-refractivity contribution >= 4 is 70.6 Å². The quantitative estimate of drug-likeness (QED) is 0.115. The summed E-state index contributed by atoms with van der Waals surface area (Å²) in [6, 6.07) is 10.4. The summed E-state index contributed by atoms with van der Waals surface area (Å²) in [5, 5.41) is 14.8. The van der Waals surface area contributed by atoms with Crippen LogP contribution in [0.25, 0.3) is 0 Å². The Balaban J connectivity index is 0.000000708. The molecular weight excluding hydrogens is 696 g/mol. The summed E-state index contributed by atoms with van der Waals surface area (Å²) in [4.78, 5) is 8.44. The zero-order valence-electron chi connectivity index (χ0n) is 19.6. The molecule has 0 saturated heterocycles. The minimum Gasteiger partial charge on any atom is -0.475 e. The van der Waals surface area contributed by atoms with Crippen molar-refractivity contribution in [1.29, 1.82) is 5.41 Å². The standard InChI is InChI=1S/C19H15BrF3N3O3S4.C2HF3O2/c1-30-18-16(10-15(31-18)17(24)25)32(27,13-6-3-5-12(20)9-13)26-33(28,29)14-7-2-4-11(8-14)19(21,22)23;3-2(4,5)1(6)7/h2-10H,1H3,(H3,24,25);(H,6,7). The van der Waals surface area contributed by atoms with Crippen LogP contribution in [0.4, 0.5) is 26.3 Å². The fourth-order valence-electron chi connectivity index (χ4n) is 2.69. The second kappa shape index (κ2) is 12.5. The fraction of sp³-hybridized carbons (Fsp3) is 0.143. The number of halogens is 7. The molecule has 0 spiro atoms. The SMILES string of the molecule is CSc1sc(C(=N)N)cc1S(=O)(=NS(=O)(=O)c1cccc(C(F)(F)F)c1)c1cccc(Br)c1.O=C(O)C(F)(F)F. The number of nitrogen functional groups attached to an aromatic ring is 1. The fourth-order valence-corrected chi connectivity index (χ4v) is 9.82. The van der Waals surface area contributed by atoms with Gasteiger partial charge < -0.3 is 10.8 Å². The summed E-state index contributed by atoms with van der Waals surface area (Å²) in [5.41, 5.74) is 4.39. The van der Waals surface area contributed by atoms with Gasteiger partial charge in [0.25, 0.3) is 10.0 Å². The summed E-state index contributed by atoms with van der Waals surface area (Å²) in [7, 11) is -8.72. The smallest absolute Gasteiger partial charge is 0.475 e. The van der Waals surface area contributed by atoms with Crippen LogP contribution in [0.3, 0.4) is 0 Å². The maximum Gasteiger partial charge on any atom is 0.490 e. The van der Waals surface area contributed by atoms with Gasteiger partial charge in [-0.25, -0.2) is 9.00 Å². The van der Waals surface area contributed by atoms with Gasteiger partial charge in [-0.2, -0.15) is 34.8 Å². The maximum absolute atomic E-state index is 14.3. The van der Waals surface area contributed by atoms with Crippen LogP contribution in [0.1, 0.15) is 10.4 Å². The van der Waals surface area contributed by atoms with E-state index in [0.717, 1.165) is 41.3 Å². The summed E-state index contributed by atoms with van der Waals surface area (Å²) in [5.74, 6) is -3.06. The molecule has 0 bridgehead atoms. The molecule has 1 unspecified atom stereocenters. The molecule has 19 heteroatoms. The Labute approximate surface area is 240 Å². The van der Waals surface area contributed by atoms with Gasteiger partial charge in [0, 0.05) is 4.47 Å². The van der Waals surface area contributed by atoms with E-state index in [9.17, 15) is 39.0 Å². The lowest BCUT2D eigenvalue weighted by molar-refractivity contribution is -0.192. The predicted molar refractivity (Wildman–Crippen MR) is 141 cm³/mol. The zero-order valence-corrected chi connectivity index (χ0v) is 24.4. The van der Waals surface area contributed by atoms with E-state index in [1.165, 1.54) is 24.3 Å². The molecule has 0 radical (unpaired) electrons. The molecule has 0 aliphatic carbocycles. The Morgan fingerprint density at radius 1 is 1.02 bits per heavy atom. The monoisotopic (exact) mass is 711 g/mol. The van der Waals surface area contributed by atoms with Crippen molar-refractivity contribution in [2.75, 3.05) is 6.26 Å². The Morgan fingerprint density at radius 3 is 2.05 bits per heavy atom. The number of hydrogen-bond donors (Lipinski definition) is 3. The summed E-state index contributed by atoms with van der Waals surface area (Å²) in [6.07, 6.45) is -8.19. The number of nitrogens with zero attached hydrogens (tertiary/aromatic N) is 1. The number of sulfonamides is 1. The third kappa shape index (κ3) is 8.21. The third-order valence-corrected chi connectivity index (χ3v) is 11.8. The van der Waals surface area contributed by atoms with Gasteiger partial charge in [-0.3, -0.25) is 5.41 Å². The van der Waals surface area contributed by atoms with Crippen LogP contribution in [0, 0.1) is 5.41 Å². The van der Waals surface area contributed by atoms with Gasteiger partial charge in [-0.15, -0.1) is 23.1 Å². The van der Waals surface area contributed by atoms with Crippen LogP contribution >= 0.6 is 39.0 Å². The predicted octanol–water partition coefficient (Wildman–Crippen LogP) is 6.44. The zero-order chi connectivity index (χ0) is 30.7. The van der Waals surface area contributed by atoms with Crippen molar-refractivity contribution in [3.05, 3.63) is 69.5 Å². The molecule has 1 aromatic heterocycles. The summed E-state index contributed by atoms with van der Waals surface area (Å²) in [6.45, 7) is 0. The highest BCUT2D eigenvalue weighted by molar-refractivity contribution is 9.10. The van der Waals surface area contributed by atoms with E-state index >= 15 is 0 Å². The van der Waals surface area contributed by atoms with Gasteiger partial charge in [0.15, 0.2) is 0 Å². The van der Waals surface area contributed by atoms with Crippen LogP contribution in [0.2, 0.25) is 0 Å². The highest BCUT2D eigenvalue weighted by Crippen LogP contribution is 2.40. The summed E-state index contributed by atoms with van der Waals surface area (Å²) < 4.78 is 116. The van der Waals surface area contributed by atoms with Crippen LogP contribution in [0.15, 0.2) is 81.7 Å². The van der Waals surface area contributed by atoms with Gasteiger partial charge in [-0.05, 0) is 48.7 Å². The van der Waals surface area contributed by atoms with Crippen molar-refractivity contribution in [2.45, 2.75) is 31.2 Å². The van der Waals surface area contributed by atoms with Crippen molar-refractivity contribution in [1.82, 2.24) is 0 Å². The number of carboxylic acid groups (broad SMARTS) is 1. The maximum atomic E-state index is 14.3. The minimum atomic E-state index is -5.08. The number of thioether (sulfide) groups is 1. The molecule has 1 heterocycles. The molecule has 0 aliphatic heterocycles. The Hall–Kier alpha value is -2.61. The Kier molecular flexibility index (Phi) is 10.5. The number of hydrogen-bond acceptors (Lipinski definition) is 7. The number of nitrogens with one attached hydrogen (secondary N) is 1. The first-order valence-electron chi connectivity index (χ1n) is 10.0. The van der Waals surface area contributed by atoms with Crippen LogP contribution in [-0.2, 0) is 30.7 Å². The summed E-state index contributed by atoms with van der Waals surface area (Å²) >= 11 is 5.45. The van der Waals surface area contributed by atoms with Gasteiger partial charge in [0.1, 0.15) is 15.6 Å². The van der Waals surface area contributed by atoms with Crippen molar-refractivity contribution in [3.63, 3.8) is 0 Å². The molecule has 2 aromatic carbocycles. The first-order valence-corrected chi connectivity index (χ1v) is 15.8. The van der Waals surface area contributed by atoms with E-state index in [2.05, 4.69) is 19.7 Å². The first kappa shape index (κ1) is 33.6. The van der Waals surface area contributed by atoms with E-state index in [-0.39, 0.29) is 20.5 Å². The van der Waals surface area contributed by atoms with Gasteiger partial charge in [-0.1, -0.05) is 31.8 Å². The number of nitrogens with two attached hydrogens (primary N) is 1. The molecule has 218 valence electrons. The average molecular weight is 713 g/mol. The average Bonchev–Trinajstić information content (AvgIpc) is 3.29. The highest BCUT2D eigenvalue weighted by Gasteiger charge is 2.38. The molecule has 40 heavy (non-hydrogen) atoms. The second-order valence-electron chi connectivity index (χ2n) is 7.24. The first-order chi connectivity index (χ1) is 18.2. The van der Waals surface area contributed by atoms with E-state index in [4.69, 9.17) is 21.0 Å². The van der Waals surface area contributed by atoms with Crippen molar-refractivity contribution < 1.29 is 48.9 Å². The number of thiophene rings is 1. The van der Waals surface area contributed by atoms with E-state index in [1.54, 1.807) is 12.3 Å². The molecule has 4 N–H and O–H groups in total. The number of alkyl halides is 6. The lowest BCUT2D eigenvalue weighted by Crippen LogP contribution is -2.21. The second-order valence-corrected chi connectivity index (χ2v) is 14.3. The molecule has 1 atom stereocenters. The number of rotatable bonds is 6. The highest BCUT2D eigenvalue weighted by atomic mass is 79.9. The third-order valence-electron chi connectivity index (χ3n) is 4.44. The Morgan fingerprint density at radius 2 is 1.57 bits per heavy atom. The number of carboxylic acids is 1. The number of aliphatic carboxylic acids is 1. The topological polar surface area (TPSA) is 151 Å². The van der Waals surface area contributed by atoms with Crippen molar-refractivity contribution in [2.24, 2.45) is 9.50 Å². The van der Waals surface area contributed by atoms with Crippen molar-refractivity contribution in [3.8, 4) is 0 Å². The Bertz CT molecular complexity index is 1660. The van der Waals surface area contributed by atoms with Gasteiger partial charge in [0.05, 0.1) is 29.3 Å². The number of benzene rings is 2. The minimum absolute atomic E-state index is 0.0128. The molecule has 0 aliphatic rings. The largest absolute Gasteiger partial charge is 0.490 e. The van der Waals surface area contributed by atoms with Crippen LogP contribution < -0.4 is 5.73 Å². The van der Waals surface area contributed by atoms with Crippen LogP contribution in [0.5, 0.6) is 0 Å². The van der Waals surface area contributed by atoms with E-state index in [0.29, 0.717) is 14.7 Å². The normalized spacial score (nSPS) is 13.5. The van der Waals surface area contributed by atoms with Gasteiger partial charge in [0.2, 0.25) is 0 Å². The molecular formula is C21H16BrF6N3O5S4. The lowest BCUT2D eigenvalue weighted by Gasteiger charge is -2.12. The number of carbonyl (C=O) groups is 1. The molecule has 3 rings (SSSR count). The molecule has 8 nitrogen and oxygen atoms in total. The molecule has 0 fully saturated rings. The van der Waals surface area contributed by atoms with E-state index in [1.807, 2.05) is 0 Å². The van der Waals surface area contributed by atoms with Gasteiger partial charge >= 0.3 is 18.3 Å². The molecule has 0 saturated carbocycles. The van der Waals surface area contributed by atoms with E-state index < -0.39 is 48.5 Å². The lowest BCUT2D eigenvalue weighted by atomic mass is 10.2. The van der Waals surface area contributed by atoms with Crippen LogP contribution in [-0.4, -0.2) is 42.0 Å². The number of amidine groups is 1.